The molecule has 36 heavy (non-hydrogen) atoms. The molecule has 0 aliphatic carbocycles. The third-order valence-corrected chi connectivity index (χ3v) is 5.85. The van der Waals surface area contributed by atoms with E-state index in [4.69, 9.17) is 0 Å². The smallest absolute Gasteiger partial charge is 0.312 e. The molecule has 1 aliphatic heterocycles. The fraction of sp³-hybridized carbons (Fsp3) is 0.480. The van der Waals surface area contributed by atoms with Crippen LogP contribution in [0.15, 0.2) is 23.0 Å². The Morgan fingerprint density at radius 3 is 2.44 bits per heavy atom. The van der Waals surface area contributed by atoms with E-state index in [0.717, 1.165) is 4.90 Å². The number of aryl methyl sites for hydroxylation is 1. The Balaban J connectivity index is 0.00000222. The normalized spacial score (nSPS) is 14.5. The van der Waals surface area contributed by atoms with Gasteiger partial charge in [0.15, 0.2) is 5.69 Å². The lowest BCUT2D eigenvalue weighted by molar-refractivity contribution is -0.151. The number of benzene rings is 1. The molecule has 0 radical (unpaired) electrons. The molecule has 1 unspecified atom stereocenters. The molecule has 0 saturated carbocycles. The van der Waals surface area contributed by atoms with Gasteiger partial charge >= 0.3 is 11.8 Å². The van der Waals surface area contributed by atoms with E-state index < -0.39 is 40.8 Å². The predicted molar refractivity (Wildman–Crippen MR) is 132 cm³/mol. The summed E-state index contributed by atoms with van der Waals surface area (Å²) in [7, 11) is 4.36. The van der Waals surface area contributed by atoms with E-state index in [1.54, 1.807) is 13.0 Å². The molecule has 0 bridgehead atoms. The summed E-state index contributed by atoms with van der Waals surface area (Å²) in [5.74, 6) is -3.33. The summed E-state index contributed by atoms with van der Waals surface area (Å²) >= 11 is 0. The number of likely N-dealkylation sites (N-methyl/N-ethyl adjacent to an activating group) is 2. The monoisotopic (exact) mass is 503 g/mol. The van der Waals surface area contributed by atoms with Crippen molar-refractivity contribution in [3.8, 4) is 5.75 Å². The Morgan fingerprint density at radius 2 is 1.83 bits per heavy atom. The average molecular weight is 504 g/mol. The zero-order chi connectivity index (χ0) is 27.2. The predicted octanol–water partition coefficient (Wildman–Crippen LogP) is 2.12. The van der Waals surface area contributed by atoms with Crippen molar-refractivity contribution in [2.75, 3.05) is 21.1 Å². The number of hydrogen-bond donors (Lipinski definition) is 2. The van der Waals surface area contributed by atoms with Crippen molar-refractivity contribution in [3.63, 3.8) is 0 Å². The van der Waals surface area contributed by atoms with Crippen LogP contribution in [0.2, 0.25) is 0 Å². The highest BCUT2D eigenvalue weighted by atomic mass is 19.1. The van der Waals surface area contributed by atoms with Gasteiger partial charge in [-0.3, -0.25) is 23.7 Å². The van der Waals surface area contributed by atoms with Crippen molar-refractivity contribution in [1.82, 2.24) is 24.7 Å². The summed E-state index contributed by atoms with van der Waals surface area (Å²) in [6.45, 7) is 5.88. The fourth-order valence-electron chi connectivity index (χ4n) is 3.86. The lowest BCUT2D eigenvalue weighted by Gasteiger charge is -2.28. The second kappa shape index (κ2) is 12.3. The first-order chi connectivity index (χ1) is 17.0. The first-order valence-electron chi connectivity index (χ1n) is 11.9. The number of fused-ring (bicyclic) bond motifs is 1. The van der Waals surface area contributed by atoms with Gasteiger partial charge < -0.3 is 20.2 Å². The lowest BCUT2D eigenvalue weighted by atomic mass is 10.1. The van der Waals surface area contributed by atoms with Crippen molar-refractivity contribution in [1.29, 1.82) is 0 Å². The molecule has 10 nitrogen and oxygen atoms in total. The Bertz CT molecular complexity index is 1190. The van der Waals surface area contributed by atoms with Crippen LogP contribution >= 0.6 is 0 Å². The van der Waals surface area contributed by atoms with Crippen molar-refractivity contribution < 1.29 is 23.9 Å². The van der Waals surface area contributed by atoms with E-state index in [0.29, 0.717) is 30.4 Å². The Labute approximate surface area is 209 Å². The molecular weight excluding hydrogens is 469 g/mol. The van der Waals surface area contributed by atoms with Crippen LogP contribution in [-0.2, 0) is 22.7 Å². The van der Waals surface area contributed by atoms with Gasteiger partial charge in [-0.1, -0.05) is 26.0 Å². The van der Waals surface area contributed by atoms with Gasteiger partial charge in [0.2, 0.25) is 5.75 Å². The van der Waals surface area contributed by atoms with Gasteiger partial charge in [-0.2, -0.15) is 0 Å². The van der Waals surface area contributed by atoms with Gasteiger partial charge in [-0.05, 0) is 43.4 Å². The number of carbonyl (C=O) groups is 3. The standard InChI is InChI=1S/C23H28FN5O5.C2H6/c1-13-11-14(8-9-15(13)24)12-25-20(31)17-18(30)21(32)29-10-6-5-7-16(19(29)26-17)28(4)23(34)22(33)27(2)3;1-2/h8-9,11,16,30H,5-7,10,12H2,1-4H3,(H,25,31);1-2H3. The largest absolute Gasteiger partial charge is 0.501 e. The second-order valence-corrected chi connectivity index (χ2v) is 8.52. The van der Waals surface area contributed by atoms with Gasteiger partial charge in [0.05, 0.1) is 6.04 Å². The SMILES string of the molecule is CC.Cc1cc(CNC(=O)c2nc3n(c(=O)c2O)CCCCC3N(C)C(=O)C(=O)N(C)C)ccc1F. The van der Waals surface area contributed by atoms with E-state index in [9.17, 15) is 28.7 Å². The number of carbonyl (C=O) groups excluding carboxylic acids is 3. The molecule has 1 aliphatic rings. The molecule has 0 saturated heterocycles. The summed E-state index contributed by atoms with van der Waals surface area (Å²) in [4.78, 5) is 57.2. The van der Waals surface area contributed by atoms with E-state index in [1.165, 1.54) is 42.7 Å². The number of amides is 3. The van der Waals surface area contributed by atoms with Crippen LogP contribution in [0.3, 0.4) is 0 Å². The molecule has 3 amide bonds. The van der Waals surface area contributed by atoms with Crippen molar-refractivity contribution in [2.45, 2.75) is 59.2 Å². The highest BCUT2D eigenvalue weighted by Gasteiger charge is 2.33. The zero-order valence-electron chi connectivity index (χ0n) is 21.6. The van der Waals surface area contributed by atoms with Crippen LogP contribution in [0.5, 0.6) is 5.75 Å². The summed E-state index contributed by atoms with van der Waals surface area (Å²) in [5.41, 5.74) is -0.219. The molecule has 2 heterocycles. The summed E-state index contributed by atoms with van der Waals surface area (Å²) in [6, 6.07) is 3.64. The van der Waals surface area contributed by atoms with Gasteiger partial charge in [0.25, 0.3) is 11.5 Å². The van der Waals surface area contributed by atoms with Crippen LogP contribution in [0, 0.1) is 12.7 Å². The molecule has 0 fully saturated rings. The minimum atomic E-state index is -0.796. The molecule has 3 rings (SSSR count). The molecule has 2 aromatic rings. The fourth-order valence-corrected chi connectivity index (χ4v) is 3.86. The quantitative estimate of drug-likeness (QED) is 0.616. The highest BCUT2D eigenvalue weighted by molar-refractivity contribution is 6.34. The zero-order valence-corrected chi connectivity index (χ0v) is 21.6. The highest BCUT2D eigenvalue weighted by Crippen LogP contribution is 2.28. The average Bonchev–Trinajstić information content (AvgIpc) is 3.09. The minimum absolute atomic E-state index is 0.0264. The Hall–Kier alpha value is -3.76. The molecule has 1 aromatic carbocycles. The van der Waals surface area contributed by atoms with E-state index >= 15 is 0 Å². The van der Waals surface area contributed by atoms with Crippen molar-refractivity contribution in [3.05, 3.63) is 57.0 Å². The molecule has 2 N–H and O–H groups in total. The molecule has 1 aromatic heterocycles. The topological polar surface area (TPSA) is 125 Å². The van der Waals surface area contributed by atoms with Gasteiger partial charge in [0, 0.05) is 34.2 Å². The van der Waals surface area contributed by atoms with Crippen LogP contribution in [0.1, 0.15) is 66.6 Å². The van der Waals surface area contributed by atoms with Crippen molar-refractivity contribution in [2.24, 2.45) is 0 Å². The number of nitrogens with one attached hydrogen (secondary N) is 1. The molecule has 11 heteroatoms. The number of rotatable bonds is 4. The summed E-state index contributed by atoms with van der Waals surface area (Å²) in [6.07, 6.45) is 1.67. The molecule has 0 spiro atoms. The first-order valence-corrected chi connectivity index (χ1v) is 11.9. The molecule has 196 valence electrons. The molecule has 1 atom stereocenters. The summed E-state index contributed by atoms with van der Waals surface area (Å²) < 4.78 is 14.7. The van der Waals surface area contributed by atoms with Crippen LogP contribution in [0.25, 0.3) is 0 Å². The van der Waals surface area contributed by atoms with Gasteiger partial charge in [0.1, 0.15) is 11.6 Å². The maximum Gasteiger partial charge on any atom is 0.312 e. The second-order valence-electron chi connectivity index (χ2n) is 8.52. The van der Waals surface area contributed by atoms with Crippen LogP contribution in [-0.4, -0.2) is 63.3 Å². The third-order valence-electron chi connectivity index (χ3n) is 5.85. The number of nitrogens with zero attached hydrogens (tertiary/aromatic N) is 4. The Morgan fingerprint density at radius 1 is 1.17 bits per heavy atom. The number of halogens is 1. The maximum atomic E-state index is 13.5. The van der Waals surface area contributed by atoms with Crippen LogP contribution in [0.4, 0.5) is 4.39 Å². The van der Waals surface area contributed by atoms with Gasteiger partial charge in [-0.25, -0.2) is 9.37 Å². The van der Waals surface area contributed by atoms with E-state index in [1.807, 2.05) is 13.8 Å². The van der Waals surface area contributed by atoms with Crippen molar-refractivity contribution >= 4 is 17.7 Å². The van der Waals surface area contributed by atoms with E-state index in [-0.39, 0.29) is 24.7 Å². The van der Waals surface area contributed by atoms with E-state index in [2.05, 4.69) is 10.3 Å². The van der Waals surface area contributed by atoms with Gasteiger partial charge in [-0.15, -0.1) is 0 Å². The maximum absolute atomic E-state index is 13.5. The van der Waals surface area contributed by atoms with Crippen LogP contribution < -0.4 is 10.9 Å². The minimum Gasteiger partial charge on any atom is -0.501 e. The Kier molecular flexibility index (Phi) is 9.71. The lowest BCUT2D eigenvalue weighted by Crippen LogP contribution is -2.43. The number of hydrogen-bond acceptors (Lipinski definition) is 6. The summed E-state index contributed by atoms with van der Waals surface area (Å²) in [5, 5.41) is 13.0. The number of aromatic nitrogens is 2. The third kappa shape index (κ3) is 6.07. The first kappa shape index (κ1) is 28.5. The molecular formula is C25H34FN5O5. The number of aromatic hydroxyl groups is 1.